The lowest BCUT2D eigenvalue weighted by molar-refractivity contribution is 0.556. The van der Waals surface area contributed by atoms with Crippen molar-refractivity contribution in [2.75, 3.05) is 12.3 Å². The summed E-state index contributed by atoms with van der Waals surface area (Å²) in [5, 5.41) is -0.170. The van der Waals surface area contributed by atoms with Gasteiger partial charge in [-0.15, -0.1) is 11.6 Å². The molecule has 0 saturated carbocycles. The van der Waals surface area contributed by atoms with Crippen molar-refractivity contribution < 1.29 is 8.42 Å². The van der Waals surface area contributed by atoms with Gasteiger partial charge in [0.2, 0.25) is 10.0 Å². The molecule has 0 heterocycles. The highest BCUT2D eigenvalue weighted by atomic mass is 35.5. The summed E-state index contributed by atoms with van der Waals surface area (Å²) in [7, 11) is -3.24. The maximum Gasteiger partial charge on any atom is 0.211 e. The molecule has 0 aliphatic carbocycles. The summed E-state index contributed by atoms with van der Waals surface area (Å²) in [4.78, 5) is 0. The van der Waals surface area contributed by atoms with Gasteiger partial charge in [0, 0.05) is 11.9 Å². The van der Waals surface area contributed by atoms with E-state index in [1.54, 1.807) is 0 Å². The Morgan fingerprint density at radius 3 is 2.39 bits per heavy atom. The Morgan fingerprint density at radius 1 is 1.22 bits per heavy atom. The summed E-state index contributed by atoms with van der Waals surface area (Å²) in [5.74, 6) is 0.349. The molecule has 0 saturated heterocycles. The molecule has 0 aliphatic rings. The smallest absolute Gasteiger partial charge is 0.211 e. The first-order valence-corrected chi connectivity index (χ1v) is 8.15. The molecular formula is C13H20ClNO2S. The highest BCUT2D eigenvalue weighted by Gasteiger charge is 2.15. The van der Waals surface area contributed by atoms with Crippen molar-refractivity contribution in [3.63, 3.8) is 0 Å². The van der Waals surface area contributed by atoms with Crippen LogP contribution in [0.5, 0.6) is 0 Å². The molecule has 1 rings (SSSR count). The molecule has 3 nitrogen and oxygen atoms in total. The van der Waals surface area contributed by atoms with Gasteiger partial charge in [0.25, 0.3) is 0 Å². The molecule has 1 aromatic carbocycles. The Morgan fingerprint density at radius 2 is 1.83 bits per heavy atom. The fraction of sp³-hybridized carbons (Fsp3) is 0.538. The van der Waals surface area contributed by atoms with Crippen molar-refractivity contribution in [2.45, 2.75) is 25.6 Å². The molecule has 5 heteroatoms. The number of rotatable bonds is 7. The quantitative estimate of drug-likeness (QED) is 0.784. The van der Waals surface area contributed by atoms with Gasteiger partial charge >= 0.3 is 0 Å². The third-order valence-electron chi connectivity index (χ3n) is 2.72. The summed E-state index contributed by atoms with van der Waals surface area (Å²) in [6.07, 6.45) is 0.519. The Balaban J connectivity index is 2.41. The minimum Gasteiger partial charge on any atom is -0.214 e. The van der Waals surface area contributed by atoms with Gasteiger partial charge in [-0.2, -0.15) is 0 Å². The predicted molar refractivity (Wildman–Crippen MR) is 76.4 cm³/mol. The largest absolute Gasteiger partial charge is 0.214 e. The molecule has 0 bridgehead atoms. The molecule has 0 spiro atoms. The van der Waals surface area contributed by atoms with Gasteiger partial charge in [0.05, 0.1) is 5.75 Å². The maximum atomic E-state index is 11.8. The highest BCUT2D eigenvalue weighted by molar-refractivity contribution is 7.89. The van der Waals surface area contributed by atoms with Crippen molar-refractivity contribution in [3.05, 3.63) is 35.9 Å². The molecule has 0 amide bonds. The summed E-state index contributed by atoms with van der Waals surface area (Å²) in [6.45, 7) is 4.22. The van der Waals surface area contributed by atoms with Crippen LogP contribution >= 0.6 is 11.6 Å². The molecule has 1 N–H and O–H groups in total. The van der Waals surface area contributed by atoms with E-state index in [0.29, 0.717) is 6.42 Å². The van der Waals surface area contributed by atoms with Crippen LogP contribution in [0, 0.1) is 5.92 Å². The van der Waals surface area contributed by atoms with Gasteiger partial charge in [-0.1, -0.05) is 44.2 Å². The first-order valence-electron chi connectivity index (χ1n) is 6.06. The Hall–Kier alpha value is -0.580. The van der Waals surface area contributed by atoms with Crippen LogP contribution in [0.4, 0.5) is 0 Å². The number of sulfonamides is 1. The van der Waals surface area contributed by atoms with Crippen LogP contribution in [-0.2, 0) is 16.4 Å². The van der Waals surface area contributed by atoms with Crippen LogP contribution in [-0.4, -0.2) is 26.1 Å². The van der Waals surface area contributed by atoms with E-state index < -0.39 is 10.0 Å². The van der Waals surface area contributed by atoms with Gasteiger partial charge < -0.3 is 0 Å². The van der Waals surface area contributed by atoms with Gasteiger partial charge in [0.15, 0.2) is 0 Å². The molecule has 0 radical (unpaired) electrons. The van der Waals surface area contributed by atoms with Crippen molar-refractivity contribution >= 4 is 21.6 Å². The lowest BCUT2D eigenvalue weighted by atomic mass is 10.1. The van der Waals surface area contributed by atoms with E-state index in [1.165, 1.54) is 0 Å². The number of aryl methyl sites for hydroxylation is 1. The van der Waals surface area contributed by atoms with E-state index in [-0.39, 0.29) is 23.6 Å². The van der Waals surface area contributed by atoms with E-state index >= 15 is 0 Å². The number of alkyl halides is 1. The number of hydrogen-bond donors (Lipinski definition) is 1. The minimum absolute atomic E-state index is 0.0959. The molecule has 1 unspecified atom stereocenters. The summed E-state index contributed by atoms with van der Waals surface area (Å²) < 4.78 is 26.1. The van der Waals surface area contributed by atoms with E-state index in [4.69, 9.17) is 11.6 Å². The maximum absolute atomic E-state index is 11.8. The fourth-order valence-electron chi connectivity index (χ4n) is 1.41. The first-order chi connectivity index (χ1) is 8.41. The van der Waals surface area contributed by atoms with Crippen LogP contribution in [0.1, 0.15) is 19.4 Å². The fourth-order valence-corrected chi connectivity index (χ4v) is 2.66. The minimum atomic E-state index is -3.24. The molecule has 18 heavy (non-hydrogen) atoms. The van der Waals surface area contributed by atoms with Crippen molar-refractivity contribution in [1.82, 2.24) is 4.72 Å². The van der Waals surface area contributed by atoms with Crippen LogP contribution in [0.25, 0.3) is 0 Å². The Labute approximate surface area is 115 Å². The van der Waals surface area contributed by atoms with Crippen LogP contribution in [0.2, 0.25) is 0 Å². The average molecular weight is 290 g/mol. The third-order valence-corrected chi connectivity index (χ3v) is 4.73. The van der Waals surface area contributed by atoms with Crippen molar-refractivity contribution in [3.8, 4) is 0 Å². The van der Waals surface area contributed by atoms with Crippen molar-refractivity contribution in [1.29, 1.82) is 0 Å². The number of benzene rings is 1. The molecule has 102 valence electrons. The average Bonchev–Trinajstić information content (AvgIpc) is 2.35. The normalized spacial score (nSPS) is 13.8. The number of nitrogens with one attached hydrogen (secondary N) is 1. The third kappa shape index (κ3) is 5.85. The highest BCUT2D eigenvalue weighted by Crippen LogP contribution is 2.08. The molecule has 0 aliphatic heterocycles. The zero-order valence-electron chi connectivity index (χ0n) is 10.8. The molecule has 1 aromatic rings. The second-order valence-corrected chi connectivity index (χ2v) is 7.15. The summed E-state index contributed by atoms with van der Waals surface area (Å²) in [5.41, 5.74) is 1.02. The van der Waals surface area contributed by atoms with Gasteiger partial charge in [-0.25, -0.2) is 13.1 Å². The molecule has 1 atom stereocenters. The molecular weight excluding hydrogens is 270 g/mol. The second-order valence-electron chi connectivity index (χ2n) is 4.66. The standard InChI is InChI=1S/C13H20ClNO2S/c1-11(2)13(14)10-15-18(16,17)9-8-12-6-4-3-5-7-12/h3-7,11,13,15H,8-10H2,1-2H3. The Bertz CT molecular complexity index is 445. The second kappa shape index (κ2) is 7.12. The topological polar surface area (TPSA) is 46.2 Å². The van der Waals surface area contributed by atoms with Gasteiger partial charge in [-0.3, -0.25) is 0 Å². The van der Waals surface area contributed by atoms with Gasteiger partial charge in [0.1, 0.15) is 0 Å². The lowest BCUT2D eigenvalue weighted by Gasteiger charge is -2.14. The van der Waals surface area contributed by atoms with E-state index in [2.05, 4.69) is 4.72 Å². The van der Waals surface area contributed by atoms with E-state index in [9.17, 15) is 8.42 Å². The lowest BCUT2D eigenvalue weighted by Crippen LogP contribution is -2.34. The zero-order valence-corrected chi connectivity index (χ0v) is 12.3. The monoisotopic (exact) mass is 289 g/mol. The zero-order chi connectivity index (χ0) is 13.6. The molecule has 0 aromatic heterocycles. The SMILES string of the molecule is CC(C)C(Cl)CNS(=O)(=O)CCc1ccccc1. The first kappa shape index (κ1) is 15.5. The van der Waals surface area contributed by atoms with Gasteiger partial charge in [-0.05, 0) is 17.9 Å². The van der Waals surface area contributed by atoms with E-state index in [1.807, 2.05) is 44.2 Å². The summed E-state index contributed by atoms with van der Waals surface area (Å²) in [6, 6.07) is 9.57. The number of hydrogen-bond acceptors (Lipinski definition) is 2. The predicted octanol–water partition coefficient (Wildman–Crippen LogP) is 2.41. The van der Waals surface area contributed by atoms with E-state index in [0.717, 1.165) is 5.56 Å². The van der Waals surface area contributed by atoms with Crippen LogP contribution < -0.4 is 4.72 Å². The van der Waals surface area contributed by atoms with Crippen LogP contribution in [0.3, 0.4) is 0 Å². The summed E-state index contributed by atoms with van der Waals surface area (Å²) >= 11 is 6.01. The molecule has 0 fully saturated rings. The van der Waals surface area contributed by atoms with Crippen molar-refractivity contribution in [2.24, 2.45) is 5.92 Å². The van der Waals surface area contributed by atoms with Crippen LogP contribution in [0.15, 0.2) is 30.3 Å². The number of halogens is 1. The Kier molecular flexibility index (Phi) is 6.12.